The van der Waals surface area contributed by atoms with Crippen molar-refractivity contribution in [1.29, 1.82) is 0 Å². The molecule has 1 nitrogen and oxygen atoms in total. The first-order chi connectivity index (χ1) is 8.20. The van der Waals surface area contributed by atoms with Gasteiger partial charge in [0.25, 0.3) is 0 Å². The number of benzene rings is 1. The van der Waals surface area contributed by atoms with Crippen molar-refractivity contribution in [2.45, 2.75) is 38.6 Å². The van der Waals surface area contributed by atoms with Crippen LogP contribution in [0, 0.1) is 5.92 Å². The summed E-state index contributed by atoms with van der Waals surface area (Å²) in [5, 5.41) is 4.48. The fraction of sp³-hybridized carbons (Fsp3) is 0.571. The van der Waals surface area contributed by atoms with Crippen molar-refractivity contribution in [2.75, 3.05) is 6.54 Å². The van der Waals surface area contributed by atoms with Gasteiger partial charge in [0.05, 0.1) is 0 Å². The summed E-state index contributed by atoms with van der Waals surface area (Å²) < 4.78 is 1.06. The van der Waals surface area contributed by atoms with Crippen LogP contribution in [0.15, 0.2) is 22.7 Å². The topological polar surface area (TPSA) is 12.0 Å². The minimum absolute atomic E-state index is 0.680. The average molecular weight is 317 g/mol. The van der Waals surface area contributed by atoms with Crippen LogP contribution >= 0.6 is 27.5 Å². The van der Waals surface area contributed by atoms with E-state index in [-0.39, 0.29) is 0 Å². The smallest absolute Gasteiger partial charge is 0.0449 e. The molecule has 2 atom stereocenters. The van der Waals surface area contributed by atoms with Crippen molar-refractivity contribution in [3.8, 4) is 0 Å². The van der Waals surface area contributed by atoms with Crippen molar-refractivity contribution in [2.24, 2.45) is 5.92 Å². The van der Waals surface area contributed by atoms with Gasteiger partial charge in [-0.1, -0.05) is 46.9 Å². The Morgan fingerprint density at radius 2 is 2.24 bits per heavy atom. The largest absolute Gasteiger partial charge is 0.314 e. The van der Waals surface area contributed by atoms with Gasteiger partial charge in [-0.2, -0.15) is 0 Å². The third-order valence-electron chi connectivity index (χ3n) is 3.62. The van der Waals surface area contributed by atoms with E-state index in [1.165, 1.54) is 24.8 Å². The molecule has 0 aromatic heterocycles. The molecule has 2 unspecified atom stereocenters. The third-order valence-corrected chi connectivity index (χ3v) is 4.47. The second-order valence-corrected chi connectivity index (χ2v) is 6.12. The van der Waals surface area contributed by atoms with E-state index in [1.807, 2.05) is 6.07 Å². The fourth-order valence-corrected chi connectivity index (χ4v) is 3.53. The lowest BCUT2D eigenvalue weighted by Gasteiger charge is -2.20. The summed E-state index contributed by atoms with van der Waals surface area (Å²) in [4.78, 5) is 0. The van der Waals surface area contributed by atoms with Gasteiger partial charge in [0.1, 0.15) is 0 Å². The first-order valence-electron chi connectivity index (χ1n) is 6.38. The lowest BCUT2D eigenvalue weighted by Crippen LogP contribution is -2.33. The maximum absolute atomic E-state index is 6.28. The highest BCUT2D eigenvalue weighted by Gasteiger charge is 2.26. The van der Waals surface area contributed by atoms with E-state index in [9.17, 15) is 0 Å². The molecular weight excluding hydrogens is 298 g/mol. The molecule has 0 aliphatic heterocycles. The summed E-state index contributed by atoms with van der Waals surface area (Å²) in [6.45, 7) is 3.25. The number of halogens is 2. The highest BCUT2D eigenvalue weighted by molar-refractivity contribution is 9.10. The van der Waals surface area contributed by atoms with Crippen LogP contribution in [-0.2, 0) is 6.42 Å². The summed E-state index contributed by atoms with van der Waals surface area (Å²) in [6.07, 6.45) is 5.08. The van der Waals surface area contributed by atoms with Crippen LogP contribution < -0.4 is 5.32 Å². The van der Waals surface area contributed by atoms with Crippen molar-refractivity contribution in [3.05, 3.63) is 33.3 Å². The van der Waals surface area contributed by atoms with Crippen molar-refractivity contribution >= 4 is 27.5 Å². The molecule has 1 aliphatic rings. The van der Waals surface area contributed by atoms with Crippen molar-refractivity contribution in [1.82, 2.24) is 5.32 Å². The van der Waals surface area contributed by atoms with E-state index in [2.05, 4.69) is 40.3 Å². The van der Waals surface area contributed by atoms with Gasteiger partial charge in [0.2, 0.25) is 0 Å². The molecule has 1 saturated carbocycles. The molecule has 0 amide bonds. The summed E-state index contributed by atoms with van der Waals surface area (Å²) in [6, 6.07) is 6.90. The quantitative estimate of drug-likeness (QED) is 0.867. The molecular formula is C14H19BrClN. The Labute approximate surface area is 117 Å². The van der Waals surface area contributed by atoms with Gasteiger partial charge >= 0.3 is 0 Å². The number of rotatable bonds is 4. The zero-order valence-corrected chi connectivity index (χ0v) is 12.5. The third kappa shape index (κ3) is 3.46. The first-order valence-corrected chi connectivity index (χ1v) is 7.55. The number of nitrogens with one attached hydrogen (secondary N) is 1. The van der Waals surface area contributed by atoms with Gasteiger partial charge in [-0.05, 0) is 49.4 Å². The molecule has 1 aliphatic carbocycles. The summed E-state index contributed by atoms with van der Waals surface area (Å²) in [5.41, 5.74) is 1.28. The van der Waals surface area contributed by atoms with Crippen LogP contribution in [-0.4, -0.2) is 12.6 Å². The Morgan fingerprint density at radius 3 is 2.94 bits per heavy atom. The van der Waals surface area contributed by atoms with Crippen LogP contribution in [0.4, 0.5) is 0 Å². The maximum Gasteiger partial charge on any atom is 0.0449 e. The Bertz CT molecular complexity index is 380. The lowest BCUT2D eigenvalue weighted by molar-refractivity contribution is 0.406. The van der Waals surface area contributed by atoms with Gasteiger partial charge in [0.15, 0.2) is 0 Å². The molecule has 0 bridgehead atoms. The Morgan fingerprint density at radius 1 is 1.41 bits per heavy atom. The Hall–Kier alpha value is -0.0500. The predicted octanol–water partition coefficient (Wildman–Crippen LogP) is 4.42. The van der Waals surface area contributed by atoms with E-state index in [0.717, 1.165) is 28.4 Å². The lowest BCUT2D eigenvalue weighted by atomic mass is 9.94. The molecule has 0 heterocycles. The molecule has 1 N–H and O–H groups in total. The van der Waals surface area contributed by atoms with Crippen LogP contribution in [0.1, 0.15) is 31.7 Å². The number of hydrogen-bond acceptors (Lipinski definition) is 1. The molecule has 1 fully saturated rings. The molecule has 17 heavy (non-hydrogen) atoms. The maximum atomic E-state index is 6.28. The average Bonchev–Trinajstić information content (AvgIpc) is 2.71. The van der Waals surface area contributed by atoms with Crippen molar-refractivity contribution < 1.29 is 0 Å². The predicted molar refractivity (Wildman–Crippen MR) is 77.7 cm³/mol. The van der Waals surface area contributed by atoms with E-state index in [0.29, 0.717) is 6.04 Å². The minimum Gasteiger partial charge on any atom is -0.314 e. The Balaban J connectivity index is 2.04. The molecule has 94 valence electrons. The zero-order chi connectivity index (χ0) is 12.3. The zero-order valence-electron chi connectivity index (χ0n) is 10.2. The molecule has 3 heteroatoms. The first kappa shape index (κ1) is 13.4. The van der Waals surface area contributed by atoms with Crippen LogP contribution in [0.5, 0.6) is 0 Å². The molecule has 0 spiro atoms. The Kier molecular flexibility index (Phi) is 4.89. The van der Waals surface area contributed by atoms with Crippen LogP contribution in [0.2, 0.25) is 5.02 Å². The van der Waals surface area contributed by atoms with Gasteiger partial charge < -0.3 is 5.32 Å². The highest BCUT2D eigenvalue weighted by atomic mass is 79.9. The summed E-state index contributed by atoms with van der Waals surface area (Å²) in [5.74, 6) is 0.744. The van der Waals surface area contributed by atoms with Crippen LogP contribution in [0.25, 0.3) is 0 Å². The molecule has 0 radical (unpaired) electrons. The van der Waals surface area contributed by atoms with Gasteiger partial charge in [-0.25, -0.2) is 0 Å². The van der Waals surface area contributed by atoms with E-state index >= 15 is 0 Å². The number of hydrogen-bond donors (Lipinski definition) is 1. The van der Waals surface area contributed by atoms with Gasteiger partial charge in [-0.3, -0.25) is 0 Å². The normalized spacial score (nSPS) is 24.2. The minimum atomic E-state index is 0.680. The second-order valence-electron chi connectivity index (χ2n) is 4.80. The van der Waals surface area contributed by atoms with E-state index in [1.54, 1.807) is 0 Å². The van der Waals surface area contributed by atoms with Crippen molar-refractivity contribution in [3.63, 3.8) is 0 Å². The monoisotopic (exact) mass is 315 g/mol. The summed E-state index contributed by atoms with van der Waals surface area (Å²) >= 11 is 9.73. The van der Waals surface area contributed by atoms with Gasteiger partial charge in [0, 0.05) is 15.5 Å². The molecule has 1 aromatic carbocycles. The SMILES string of the molecule is CCNC1CCCC1Cc1ccc(Br)cc1Cl. The van der Waals surface area contributed by atoms with E-state index < -0.39 is 0 Å². The molecule has 2 rings (SSSR count). The fourth-order valence-electron chi connectivity index (χ4n) is 2.78. The highest BCUT2D eigenvalue weighted by Crippen LogP contribution is 2.31. The van der Waals surface area contributed by atoms with Gasteiger partial charge in [-0.15, -0.1) is 0 Å². The second kappa shape index (κ2) is 6.21. The summed E-state index contributed by atoms with van der Waals surface area (Å²) in [7, 11) is 0. The molecule has 0 saturated heterocycles. The van der Waals surface area contributed by atoms with Crippen LogP contribution in [0.3, 0.4) is 0 Å². The molecule has 1 aromatic rings. The standard InChI is InChI=1S/C14H19BrClN/c1-2-17-14-5-3-4-11(14)8-10-6-7-12(15)9-13(10)16/h6-7,9,11,14,17H,2-5,8H2,1H3. The van der Waals surface area contributed by atoms with E-state index in [4.69, 9.17) is 11.6 Å².